The number of anilines is 2. The van der Waals surface area contributed by atoms with Gasteiger partial charge in [0.05, 0.1) is 0 Å². The van der Waals surface area contributed by atoms with Gasteiger partial charge in [-0.15, -0.1) is 0 Å². The highest BCUT2D eigenvalue weighted by molar-refractivity contribution is 5.98. The van der Waals surface area contributed by atoms with Crippen molar-refractivity contribution in [1.82, 2.24) is 0 Å². The summed E-state index contributed by atoms with van der Waals surface area (Å²) in [6.07, 6.45) is 2.05. The molecule has 3 aliphatic rings. The summed E-state index contributed by atoms with van der Waals surface area (Å²) in [5.74, 6) is 0.767. The maximum atomic E-state index is 12.7. The van der Waals surface area contributed by atoms with Gasteiger partial charge in [-0.25, -0.2) is 0 Å². The third kappa shape index (κ3) is 2.89. The number of nitrogens with zero attached hydrogens (tertiary/aromatic N) is 2. The second-order valence-electron chi connectivity index (χ2n) is 8.39. The van der Waals surface area contributed by atoms with E-state index in [2.05, 4.69) is 86.0 Å². The molecule has 2 aromatic rings. The van der Waals surface area contributed by atoms with Crippen LogP contribution in [0.5, 0.6) is 0 Å². The normalized spacial score (nSPS) is 21.7. The summed E-state index contributed by atoms with van der Waals surface area (Å²) in [5.41, 5.74) is 5.04. The summed E-state index contributed by atoms with van der Waals surface area (Å²) in [5, 5.41) is 0. The molecule has 0 saturated heterocycles. The summed E-state index contributed by atoms with van der Waals surface area (Å²) in [6, 6.07) is 18.1. The van der Waals surface area contributed by atoms with E-state index in [0.29, 0.717) is 5.78 Å². The van der Waals surface area contributed by atoms with Crippen LogP contribution < -0.4 is 9.80 Å². The van der Waals surface area contributed by atoms with E-state index >= 15 is 0 Å². The van der Waals surface area contributed by atoms with Crippen LogP contribution in [0.1, 0.15) is 51.7 Å². The molecule has 0 aromatic heterocycles. The van der Waals surface area contributed by atoms with Crippen molar-refractivity contribution >= 4 is 17.2 Å². The van der Waals surface area contributed by atoms with Crippen LogP contribution in [0.25, 0.3) is 0 Å². The van der Waals surface area contributed by atoms with Gasteiger partial charge in [-0.2, -0.15) is 0 Å². The summed E-state index contributed by atoms with van der Waals surface area (Å²) < 4.78 is 0. The van der Waals surface area contributed by atoms with E-state index in [1.807, 2.05) is 0 Å². The lowest BCUT2D eigenvalue weighted by Crippen LogP contribution is -2.55. The molecule has 2 aromatic carbocycles. The van der Waals surface area contributed by atoms with Crippen molar-refractivity contribution < 1.29 is 4.79 Å². The van der Waals surface area contributed by atoms with E-state index in [1.54, 1.807) is 0 Å². The summed E-state index contributed by atoms with van der Waals surface area (Å²) in [6.45, 7) is 12.8. The number of carbonyl (C=O) groups is 1. The van der Waals surface area contributed by atoms with E-state index in [-0.39, 0.29) is 17.3 Å². The van der Waals surface area contributed by atoms with Crippen molar-refractivity contribution in [2.75, 3.05) is 36.0 Å². The van der Waals surface area contributed by atoms with Crippen LogP contribution in [-0.4, -0.2) is 32.0 Å². The minimum Gasteiger partial charge on any atom is -0.372 e. The Balaban J connectivity index is 1.73. The van der Waals surface area contributed by atoms with E-state index < -0.39 is 0 Å². The molecule has 3 aliphatic carbocycles. The Kier molecular flexibility index (Phi) is 5.42. The van der Waals surface area contributed by atoms with Crippen LogP contribution in [0.3, 0.4) is 0 Å². The Morgan fingerprint density at radius 1 is 0.690 bits per heavy atom. The molecule has 3 heteroatoms. The molecule has 29 heavy (non-hydrogen) atoms. The van der Waals surface area contributed by atoms with Gasteiger partial charge >= 0.3 is 0 Å². The molecule has 3 nitrogen and oxygen atoms in total. The van der Waals surface area contributed by atoms with Gasteiger partial charge in [0.15, 0.2) is 0 Å². The molecule has 3 fully saturated rings. The first-order valence-corrected chi connectivity index (χ1v) is 11.4. The van der Waals surface area contributed by atoms with Crippen molar-refractivity contribution in [3.8, 4) is 0 Å². The average molecular weight is 391 g/mol. The third-order valence-corrected chi connectivity index (χ3v) is 7.48. The molecule has 0 spiro atoms. The highest BCUT2D eigenvalue weighted by atomic mass is 16.1. The summed E-state index contributed by atoms with van der Waals surface area (Å²) in [4.78, 5) is 17.4. The lowest BCUT2D eigenvalue weighted by Gasteiger charge is -2.49. The lowest BCUT2D eigenvalue weighted by molar-refractivity contribution is -0.137. The Labute approximate surface area is 175 Å². The first kappa shape index (κ1) is 20.0. The number of fused-ring (bicyclic) bond motifs is 1. The second kappa shape index (κ2) is 7.85. The first-order valence-electron chi connectivity index (χ1n) is 11.4. The zero-order valence-corrected chi connectivity index (χ0v) is 18.3. The first-order chi connectivity index (χ1) is 14.1. The van der Waals surface area contributed by atoms with Crippen LogP contribution in [0.15, 0.2) is 48.5 Å². The molecule has 0 heterocycles. The standard InChI is InChI=1S/C26H34N2O/c1-5-27(6-2)21-13-9-19(10-14-21)26(23-17-18-24(26)25(23)29)20-11-15-22(16-12-20)28(7-3)8-4/h9-16,23-24H,5-8,17-18H2,1-4H3. The van der Waals surface area contributed by atoms with Gasteiger partial charge in [0.1, 0.15) is 5.78 Å². The topological polar surface area (TPSA) is 23.6 Å². The molecular weight excluding hydrogens is 356 g/mol. The SMILES string of the molecule is CCN(CC)c1ccc(C2(c3ccc(N(CC)CC)cc3)C3CCC2C3=O)cc1. The van der Waals surface area contributed by atoms with Gasteiger partial charge in [0.25, 0.3) is 0 Å². The van der Waals surface area contributed by atoms with Crippen LogP contribution in [0.2, 0.25) is 0 Å². The predicted molar refractivity (Wildman–Crippen MR) is 122 cm³/mol. The number of ketones is 1. The van der Waals surface area contributed by atoms with E-state index in [9.17, 15) is 4.79 Å². The quantitative estimate of drug-likeness (QED) is 0.613. The Morgan fingerprint density at radius 2 is 1.03 bits per heavy atom. The number of Topliss-reactive ketones (excluding diaryl/α,β-unsaturated/α-hetero) is 1. The highest BCUT2D eigenvalue weighted by Crippen LogP contribution is 2.64. The molecule has 2 bridgehead atoms. The van der Waals surface area contributed by atoms with Crippen molar-refractivity contribution in [3.63, 3.8) is 0 Å². The van der Waals surface area contributed by atoms with Crippen molar-refractivity contribution in [3.05, 3.63) is 59.7 Å². The predicted octanol–water partition coefficient (Wildman–Crippen LogP) is 5.27. The molecule has 5 rings (SSSR count). The summed E-state index contributed by atoms with van der Waals surface area (Å²) in [7, 11) is 0. The fraction of sp³-hybridized carbons (Fsp3) is 0.500. The molecule has 3 saturated carbocycles. The monoisotopic (exact) mass is 390 g/mol. The van der Waals surface area contributed by atoms with E-state index in [1.165, 1.54) is 22.5 Å². The van der Waals surface area contributed by atoms with Crippen LogP contribution >= 0.6 is 0 Å². The Hall–Kier alpha value is -2.29. The van der Waals surface area contributed by atoms with Gasteiger partial charge < -0.3 is 9.80 Å². The number of hydrogen-bond acceptors (Lipinski definition) is 3. The van der Waals surface area contributed by atoms with Gasteiger partial charge in [0, 0.05) is 54.8 Å². The van der Waals surface area contributed by atoms with Gasteiger partial charge in [0.2, 0.25) is 0 Å². The maximum Gasteiger partial charge on any atom is 0.141 e. The van der Waals surface area contributed by atoms with Crippen LogP contribution in [-0.2, 0) is 10.2 Å². The van der Waals surface area contributed by atoms with Crippen molar-refractivity contribution in [1.29, 1.82) is 0 Å². The second-order valence-corrected chi connectivity index (χ2v) is 8.39. The molecule has 2 atom stereocenters. The minimum atomic E-state index is -0.124. The number of carbonyl (C=O) groups excluding carboxylic acids is 1. The Morgan fingerprint density at radius 3 is 1.31 bits per heavy atom. The fourth-order valence-corrected chi connectivity index (χ4v) is 5.96. The van der Waals surface area contributed by atoms with Crippen LogP contribution in [0, 0.1) is 11.8 Å². The van der Waals surface area contributed by atoms with E-state index in [4.69, 9.17) is 0 Å². The highest BCUT2D eigenvalue weighted by Gasteiger charge is 2.67. The third-order valence-electron chi connectivity index (χ3n) is 7.48. The number of rotatable bonds is 8. The molecule has 0 radical (unpaired) electrons. The Bertz CT molecular complexity index is 776. The lowest BCUT2D eigenvalue weighted by atomic mass is 9.51. The maximum absolute atomic E-state index is 12.7. The molecular formula is C26H34N2O. The van der Waals surface area contributed by atoms with Gasteiger partial charge in [-0.3, -0.25) is 4.79 Å². The summed E-state index contributed by atoms with van der Waals surface area (Å²) >= 11 is 0. The number of hydrogen-bond donors (Lipinski definition) is 0. The van der Waals surface area contributed by atoms with Crippen molar-refractivity contribution in [2.24, 2.45) is 11.8 Å². The average Bonchev–Trinajstić information content (AvgIpc) is 3.36. The minimum absolute atomic E-state index is 0.124. The molecule has 0 aliphatic heterocycles. The molecule has 0 amide bonds. The van der Waals surface area contributed by atoms with Crippen LogP contribution in [0.4, 0.5) is 11.4 Å². The molecule has 2 unspecified atom stereocenters. The van der Waals surface area contributed by atoms with Crippen molar-refractivity contribution in [2.45, 2.75) is 46.0 Å². The largest absolute Gasteiger partial charge is 0.372 e. The zero-order valence-electron chi connectivity index (χ0n) is 18.3. The molecule has 0 N–H and O–H groups in total. The van der Waals surface area contributed by atoms with Gasteiger partial charge in [-0.05, 0) is 75.9 Å². The van der Waals surface area contributed by atoms with Gasteiger partial charge in [-0.1, -0.05) is 24.3 Å². The number of benzene rings is 2. The zero-order chi connectivity index (χ0) is 20.6. The van der Waals surface area contributed by atoms with E-state index in [0.717, 1.165) is 39.0 Å². The fourth-order valence-electron chi connectivity index (χ4n) is 5.96. The molecule has 154 valence electrons. The smallest absolute Gasteiger partial charge is 0.141 e.